The number of hydrogen-bond donors (Lipinski definition) is 3. The fourth-order valence-corrected chi connectivity index (χ4v) is 1.06. The maximum atomic E-state index is 10.3. The van der Waals surface area contributed by atoms with Crippen LogP contribution in [0.25, 0.3) is 0 Å². The van der Waals surface area contributed by atoms with Crippen molar-refractivity contribution in [2.45, 2.75) is 31.7 Å². The summed E-state index contributed by atoms with van der Waals surface area (Å²) in [6.45, 7) is -0.439. The Kier molecular flexibility index (Phi) is 6.19. The van der Waals surface area contributed by atoms with Gasteiger partial charge in [-0.3, -0.25) is 14.9 Å². The average Bonchev–Trinajstić information content (AvgIpc) is 2.10. The molecule has 0 fully saturated rings. The Bertz CT molecular complexity index is 254. The zero-order valence-corrected chi connectivity index (χ0v) is 8.31. The Morgan fingerprint density at radius 3 is 2.60 bits per heavy atom. The lowest BCUT2D eigenvalue weighted by Gasteiger charge is -2.05. The van der Waals surface area contributed by atoms with E-state index >= 15 is 0 Å². The maximum Gasteiger partial charge on any atom is 0.320 e. The van der Waals surface area contributed by atoms with Gasteiger partial charge in [0.2, 0.25) is 6.54 Å². The predicted octanol–water partition coefficient (Wildman–Crippen LogP) is 0.255. The van der Waals surface area contributed by atoms with Gasteiger partial charge in [-0.15, -0.1) is 0 Å². The minimum absolute atomic E-state index is 0.0592. The molecular formula is C8H15N3O4. The topological polar surface area (TPSA) is 130 Å². The molecule has 0 aromatic heterocycles. The van der Waals surface area contributed by atoms with E-state index < -0.39 is 23.5 Å². The summed E-state index contributed by atoms with van der Waals surface area (Å²) in [7, 11) is 0. The number of nitrogens with zero attached hydrogens (tertiary/aromatic N) is 1. The lowest BCUT2D eigenvalue weighted by atomic mass is 10.1. The Labute approximate surface area is 86.9 Å². The first-order valence-electron chi connectivity index (χ1n) is 4.60. The van der Waals surface area contributed by atoms with Gasteiger partial charge in [0.05, 0.1) is 5.71 Å². The smallest absolute Gasteiger partial charge is 0.320 e. The molecule has 0 aromatic rings. The third-order valence-electron chi connectivity index (χ3n) is 1.88. The zero-order chi connectivity index (χ0) is 11.8. The van der Waals surface area contributed by atoms with E-state index in [-0.39, 0.29) is 5.71 Å². The van der Waals surface area contributed by atoms with E-state index in [4.69, 9.17) is 16.2 Å². The van der Waals surface area contributed by atoms with Gasteiger partial charge in [0.15, 0.2) is 0 Å². The Morgan fingerprint density at radius 1 is 1.53 bits per heavy atom. The minimum Gasteiger partial charge on any atom is -0.480 e. The first-order valence-corrected chi connectivity index (χ1v) is 4.60. The molecule has 1 atom stereocenters. The fraction of sp³-hybridized carbons (Fsp3) is 0.750. The summed E-state index contributed by atoms with van der Waals surface area (Å²) in [5, 5.41) is 25.7. The molecule has 0 bridgehead atoms. The van der Waals surface area contributed by atoms with Crippen molar-refractivity contribution < 1.29 is 14.8 Å². The van der Waals surface area contributed by atoms with Crippen LogP contribution in [0.4, 0.5) is 0 Å². The largest absolute Gasteiger partial charge is 0.480 e. The highest BCUT2D eigenvalue weighted by Gasteiger charge is 2.11. The number of nitro groups is 1. The lowest BCUT2D eigenvalue weighted by molar-refractivity contribution is -0.463. The van der Waals surface area contributed by atoms with E-state index in [1.807, 2.05) is 0 Å². The first kappa shape index (κ1) is 13.5. The number of carbonyl (C=O) groups is 1. The molecule has 15 heavy (non-hydrogen) atoms. The first-order chi connectivity index (χ1) is 6.93. The lowest BCUT2D eigenvalue weighted by Crippen LogP contribution is -2.29. The summed E-state index contributed by atoms with van der Waals surface area (Å²) < 4.78 is 0. The van der Waals surface area contributed by atoms with E-state index in [0.717, 1.165) is 0 Å². The van der Waals surface area contributed by atoms with Gasteiger partial charge < -0.3 is 16.2 Å². The highest BCUT2D eigenvalue weighted by molar-refractivity contribution is 5.82. The number of nitrogens with one attached hydrogen (secondary N) is 1. The maximum absolute atomic E-state index is 10.3. The van der Waals surface area contributed by atoms with Crippen molar-refractivity contribution in [2.75, 3.05) is 6.54 Å². The van der Waals surface area contributed by atoms with Gasteiger partial charge in [-0.2, -0.15) is 0 Å². The SMILES string of the molecule is N=C(CCCCC(N)C(=O)O)C[N+](=O)[O-]. The molecule has 0 aliphatic carbocycles. The number of carboxylic acids is 1. The summed E-state index contributed by atoms with van der Waals surface area (Å²) >= 11 is 0. The highest BCUT2D eigenvalue weighted by Crippen LogP contribution is 2.03. The van der Waals surface area contributed by atoms with Crippen LogP contribution in [0.3, 0.4) is 0 Å². The van der Waals surface area contributed by atoms with Gasteiger partial charge in [-0.25, -0.2) is 0 Å². The van der Waals surface area contributed by atoms with Gasteiger partial charge in [0.25, 0.3) is 0 Å². The second-order valence-electron chi connectivity index (χ2n) is 3.28. The molecule has 0 aliphatic rings. The standard InChI is InChI=1S/C8H15N3O4/c9-6(5-11(14)15)3-1-2-4-7(10)8(12)13/h7,9H,1-5,10H2,(H,12,13). The summed E-state index contributed by atoms with van der Waals surface area (Å²) in [5.41, 5.74) is 5.31. The van der Waals surface area contributed by atoms with Gasteiger partial charge in [0, 0.05) is 4.92 Å². The average molecular weight is 217 g/mol. The van der Waals surface area contributed by atoms with Crippen molar-refractivity contribution >= 4 is 11.7 Å². The zero-order valence-electron chi connectivity index (χ0n) is 8.31. The van der Waals surface area contributed by atoms with Crippen LogP contribution in [-0.4, -0.2) is 34.3 Å². The number of rotatable bonds is 8. The number of hydrogen-bond acceptors (Lipinski definition) is 5. The summed E-state index contributed by atoms with van der Waals surface area (Å²) in [6.07, 6.45) is 1.79. The molecular weight excluding hydrogens is 202 g/mol. The fourth-order valence-electron chi connectivity index (χ4n) is 1.06. The normalized spacial score (nSPS) is 12.1. The molecule has 0 aliphatic heterocycles. The molecule has 7 heteroatoms. The van der Waals surface area contributed by atoms with Crippen molar-refractivity contribution in [3.8, 4) is 0 Å². The van der Waals surface area contributed by atoms with Crippen LogP contribution in [0.5, 0.6) is 0 Å². The van der Waals surface area contributed by atoms with Crippen LogP contribution < -0.4 is 5.73 Å². The summed E-state index contributed by atoms with van der Waals surface area (Å²) in [5.74, 6) is -1.05. The Balaban J connectivity index is 3.50. The summed E-state index contributed by atoms with van der Waals surface area (Å²) in [6, 6.07) is -0.880. The molecule has 0 heterocycles. The third kappa shape index (κ3) is 7.56. The quantitative estimate of drug-likeness (QED) is 0.232. The van der Waals surface area contributed by atoms with E-state index in [2.05, 4.69) is 0 Å². The summed E-state index contributed by atoms with van der Waals surface area (Å²) in [4.78, 5) is 19.8. The van der Waals surface area contributed by atoms with Crippen LogP contribution >= 0.6 is 0 Å². The van der Waals surface area contributed by atoms with Crippen molar-refractivity contribution in [3.63, 3.8) is 0 Å². The second kappa shape index (κ2) is 6.88. The molecule has 0 spiro atoms. The molecule has 0 radical (unpaired) electrons. The molecule has 0 saturated heterocycles. The second-order valence-corrected chi connectivity index (χ2v) is 3.28. The molecule has 0 rings (SSSR count). The van der Waals surface area contributed by atoms with E-state index in [1.165, 1.54) is 0 Å². The minimum atomic E-state index is -1.05. The van der Waals surface area contributed by atoms with Crippen molar-refractivity contribution in [1.82, 2.24) is 0 Å². The van der Waals surface area contributed by atoms with Crippen LogP contribution in [0.1, 0.15) is 25.7 Å². The molecule has 86 valence electrons. The Hall–Kier alpha value is -1.50. The van der Waals surface area contributed by atoms with Crippen LogP contribution in [0, 0.1) is 15.5 Å². The molecule has 0 saturated carbocycles. The molecule has 0 amide bonds. The van der Waals surface area contributed by atoms with Crippen molar-refractivity contribution in [2.24, 2.45) is 5.73 Å². The van der Waals surface area contributed by atoms with Gasteiger partial charge in [-0.05, 0) is 19.3 Å². The van der Waals surface area contributed by atoms with Gasteiger partial charge in [0.1, 0.15) is 6.04 Å². The third-order valence-corrected chi connectivity index (χ3v) is 1.88. The molecule has 1 unspecified atom stereocenters. The van der Waals surface area contributed by atoms with Crippen LogP contribution in [-0.2, 0) is 4.79 Å². The van der Waals surface area contributed by atoms with Crippen LogP contribution in [0.15, 0.2) is 0 Å². The van der Waals surface area contributed by atoms with Gasteiger partial charge in [-0.1, -0.05) is 6.42 Å². The van der Waals surface area contributed by atoms with Crippen molar-refractivity contribution in [3.05, 3.63) is 10.1 Å². The molecule has 7 nitrogen and oxygen atoms in total. The van der Waals surface area contributed by atoms with Crippen LogP contribution in [0.2, 0.25) is 0 Å². The highest BCUT2D eigenvalue weighted by atomic mass is 16.6. The number of nitrogens with two attached hydrogens (primary N) is 1. The monoisotopic (exact) mass is 217 g/mol. The van der Waals surface area contributed by atoms with E-state index in [0.29, 0.717) is 25.7 Å². The Morgan fingerprint density at radius 2 is 2.13 bits per heavy atom. The molecule has 0 aromatic carbocycles. The van der Waals surface area contributed by atoms with E-state index in [1.54, 1.807) is 0 Å². The predicted molar refractivity (Wildman–Crippen MR) is 53.7 cm³/mol. The number of carboxylic acid groups (broad SMARTS) is 1. The van der Waals surface area contributed by atoms with Gasteiger partial charge >= 0.3 is 5.97 Å². The number of unbranched alkanes of at least 4 members (excludes halogenated alkanes) is 1. The van der Waals surface area contributed by atoms with Crippen molar-refractivity contribution in [1.29, 1.82) is 5.41 Å². The molecule has 4 N–H and O–H groups in total. The number of aliphatic carboxylic acids is 1. The van der Waals surface area contributed by atoms with E-state index in [9.17, 15) is 14.9 Å².